The number of carboxylic acids is 1. The third kappa shape index (κ3) is 5.01. The molecule has 1 aliphatic carbocycles. The summed E-state index contributed by atoms with van der Waals surface area (Å²) in [5, 5.41) is 12.3. The third-order valence-electron chi connectivity index (χ3n) is 4.14. The van der Waals surface area contributed by atoms with Gasteiger partial charge in [0.2, 0.25) is 0 Å². The maximum Gasteiger partial charge on any atom is 0.306 e. The van der Waals surface area contributed by atoms with E-state index in [1.807, 2.05) is 13.8 Å². The second-order valence-electron chi connectivity index (χ2n) is 6.09. The van der Waals surface area contributed by atoms with Gasteiger partial charge in [-0.2, -0.15) is 0 Å². The van der Waals surface area contributed by atoms with Crippen LogP contribution in [0, 0.1) is 5.92 Å². The summed E-state index contributed by atoms with van der Waals surface area (Å²) in [5.41, 5.74) is 0.371. The largest absolute Gasteiger partial charge is 0.490 e. The maximum absolute atomic E-state index is 12.5. The molecule has 6 nitrogen and oxygen atoms in total. The van der Waals surface area contributed by atoms with Gasteiger partial charge < -0.3 is 19.9 Å². The molecule has 1 saturated carbocycles. The molecule has 0 aromatic heterocycles. The standard InChI is InChI=1S/C18H24ClNO5/c1-3-7-25-16-14(19)9-12(10-15(16)24-4-2)17(21)20-13-6-5-11(8-13)18(22)23/h9-11,13H,3-8H2,1-2H3,(H,20,21)(H,22,23)/t11-,13+/m0/s1. The van der Waals surface area contributed by atoms with Gasteiger partial charge in [-0.3, -0.25) is 9.59 Å². The van der Waals surface area contributed by atoms with Gasteiger partial charge in [0.25, 0.3) is 5.91 Å². The fraction of sp³-hybridized carbons (Fsp3) is 0.556. The SMILES string of the molecule is CCCOc1c(Cl)cc(C(=O)N[C@@H]2CC[C@H](C(=O)O)C2)cc1OCC. The Bertz CT molecular complexity index is 634. The number of rotatable bonds is 8. The second kappa shape index (κ2) is 8.94. The maximum atomic E-state index is 12.5. The van der Waals surface area contributed by atoms with Crippen LogP contribution in [0.3, 0.4) is 0 Å². The molecule has 0 saturated heterocycles. The topological polar surface area (TPSA) is 84.9 Å². The van der Waals surface area contributed by atoms with Gasteiger partial charge in [0.05, 0.1) is 24.2 Å². The van der Waals surface area contributed by atoms with Gasteiger partial charge in [-0.15, -0.1) is 0 Å². The Hall–Kier alpha value is -1.95. The Kier molecular flexibility index (Phi) is 6.93. The summed E-state index contributed by atoms with van der Waals surface area (Å²) in [4.78, 5) is 23.5. The number of amides is 1. The van der Waals surface area contributed by atoms with Gasteiger partial charge in [-0.1, -0.05) is 18.5 Å². The normalized spacial score (nSPS) is 19.5. The smallest absolute Gasteiger partial charge is 0.306 e. The van der Waals surface area contributed by atoms with Gasteiger partial charge >= 0.3 is 5.97 Å². The summed E-state index contributed by atoms with van der Waals surface area (Å²) in [6.07, 6.45) is 2.52. The third-order valence-corrected chi connectivity index (χ3v) is 4.42. The molecule has 0 heterocycles. The summed E-state index contributed by atoms with van der Waals surface area (Å²) in [6, 6.07) is 3.02. The van der Waals surface area contributed by atoms with Crippen LogP contribution in [-0.4, -0.2) is 36.2 Å². The summed E-state index contributed by atoms with van der Waals surface area (Å²) >= 11 is 6.27. The molecule has 0 bridgehead atoms. The highest BCUT2D eigenvalue weighted by Crippen LogP contribution is 2.37. The van der Waals surface area contributed by atoms with Crippen LogP contribution in [0.4, 0.5) is 0 Å². The van der Waals surface area contributed by atoms with Gasteiger partial charge in [-0.05, 0) is 44.7 Å². The molecule has 0 aliphatic heterocycles. The number of hydrogen-bond acceptors (Lipinski definition) is 4. The first-order chi connectivity index (χ1) is 12.0. The molecule has 1 aliphatic rings. The monoisotopic (exact) mass is 369 g/mol. The number of nitrogens with one attached hydrogen (secondary N) is 1. The molecule has 1 fully saturated rings. The van der Waals surface area contributed by atoms with E-state index in [0.717, 1.165) is 6.42 Å². The number of halogens is 1. The van der Waals surface area contributed by atoms with Crippen molar-refractivity contribution in [1.82, 2.24) is 5.32 Å². The van der Waals surface area contributed by atoms with Crippen molar-refractivity contribution >= 4 is 23.5 Å². The van der Waals surface area contributed by atoms with Crippen LogP contribution in [0.1, 0.15) is 49.9 Å². The molecule has 1 aromatic rings. The molecule has 0 spiro atoms. The van der Waals surface area contributed by atoms with Crippen LogP contribution < -0.4 is 14.8 Å². The first kappa shape index (κ1) is 19.4. The van der Waals surface area contributed by atoms with Crippen LogP contribution >= 0.6 is 11.6 Å². The average molecular weight is 370 g/mol. The minimum atomic E-state index is -0.809. The van der Waals surface area contributed by atoms with Crippen LogP contribution in [0.2, 0.25) is 5.02 Å². The van der Waals surface area contributed by atoms with Crippen molar-refractivity contribution in [2.45, 2.75) is 45.6 Å². The molecular weight excluding hydrogens is 346 g/mol. The molecule has 0 radical (unpaired) electrons. The minimum Gasteiger partial charge on any atom is -0.490 e. The van der Waals surface area contributed by atoms with Crippen molar-refractivity contribution in [2.75, 3.05) is 13.2 Å². The number of aliphatic carboxylic acids is 1. The zero-order valence-electron chi connectivity index (χ0n) is 14.5. The molecular formula is C18H24ClNO5. The molecule has 25 heavy (non-hydrogen) atoms. The molecule has 138 valence electrons. The van der Waals surface area contributed by atoms with Gasteiger partial charge in [0.1, 0.15) is 0 Å². The highest BCUT2D eigenvalue weighted by Gasteiger charge is 2.31. The van der Waals surface area contributed by atoms with Crippen molar-refractivity contribution in [3.63, 3.8) is 0 Å². The van der Waals surface area contributed by atoms with Crippen molar-refractivity contribution in [3.8, 4) is 11.5 Å². The first-order valence-corrected chi connectivity index (χ1v) is 8.96. The number of ether oxygens (including phenoxy) is 2. The van der Waals surface area contributed by atoms with Crippen molar-refractivity contribution in [3.05, 3.63) is 22.7 Å². The Morgan fingerprint density at radius 3 is 2.64 bits per heavy atom. The van der Waals surface area contributed by atoms with Crippen LogP contribution in [-0.2, 0) is 4.79 Å². The molecule has 7 heteroatoms. The van der Waals surface area contributed by atoms with Crippen LogP contribution in [0.5, 0.6) is 11.5 Å². The van der Waals surface area contributed by atoms with Gasteiger partial charge in [0, 0.05) is 11.6 Å². The van der Waals surface area contributed by atoms with E-state index in [4.69, 9.17) is 26.2 Å². The lowest BCUT2D eigenvalue weighted by Crippen LogP contribution is -2.33. The second-order valence-corrected chi connectivity index (χ2v) is 6.49. The average Bonchev–Trinajstić information content (AvgIpc) is 3.03. The Balaban J connectivity index is 2.12. The number of benzene rings is 1. The predicted octanol–water partition coefficient (Wildman–Crippen LogP) is 3.51. The number of carboxylic acid groups (broad SMARTS) is 1. The first-order valence-electron chi connectivity index (χ1n) is 8.59. The van der Waals surface area contributed by atoms with Gasteiger partial charge in [-0.25, -0.2) is 0 Å². The zero-order valence-corrected chi connectivity index (χ0v) is 15.3. The van der Waals surface area contributed by atoms with E-state index in [1.54, 1.807) is 12.1 Å². The van der Waals surface area contributed by atoms with Crippen molar-refractivity contribution in [2.24, 2.45) is 5.92 Å². The molecule has 2 N–H and O–H groups in total. The Morgan fingerprint density at radius 2 is 2.04 bits per heavy atom. The molecule has 1 amide bonds. The Labute approximate surface area is 152 Å². The highest BCUT2D eigenvalue weighted by molar-refractivity contribution is 6.32. The minimum absolute atomic E-state index is 0.140. The number of carbonyl (C=O) groups is 2. The molecule has 0 unspecified atom stereocenters. The van der Waals surface area contributed by atoms with E-state index in [9.17, 15) is 9.59 Å². The lowest BCUT2D eigenvalue weighted by Gasteiger charge is -2.16. The van der Waals surface area contributed by atoms with E-state index in [-0.39, 0.29) is 11.9 Å². The lowest BCUT2D eigenvalue weighted by atomic mass is 10.1. The number of carbonyl (C=O) groups excluding carboxylic acids is 1. The van der Waals surface area contributed by atoms with E-state index in [2.05, 4.69) is 5.32 Å². The van der Waals surface area contributed by atoms with Crippen LogP contribution in [0.15, 0.2) is 12.1 Å². The summed E-state index contributed by atoms with van der Waals surface area (Å²) in [6.45, 7) is 4.76. The lowest BCUT2D eigenvalue weighted by molar-refractivity contribution is -0.141. The molecule has 2 atom stereocenters. The summed E-state index contributed by atoms with van der Waals surface area (Å²) in [5.74, 6) is -0.619. The summed E-state index contributed by atoms with van der Waals surface area (Å²) < 4.78 is 11.2. The zero-order chi connectivity index (χ0) is 18.4. The molecule has 1 aromatic carbocycles. The van der Waals surface area contributed by atoms with Crippen LogP contribution in [0.25, 0.3) is 0 Å². The van der Waals surface area contributed by atoms with Crippen molar-refractivity contribution in [1.29, 1.82) is 0 Å². The molecule has 2 rings (SSSR count). The Morgan fingerprint density at radius 1 is 1.28 bits per heavy atom. The van der Waals surface area contributed by atoms with E-state index in [0.29, 0.717) is 54.6 Å². The van der Waals surface area contributed by atoms with Gasteiger partial charge in [0.15, 0.2) is 11.5 Å². The highest BCUT2D eigenvalue weighted by atomic mass is 35.5. The van der Waals surface area contributed by atoms with E-state index < -0.39 is 11.9 Å². The van der Waals surface area contributed by atoms with E-state index in [1.165, 1.54) is 0 Å². The quantitative estimate of drug-likeness (QED) is 0.732. The fourth-order valence-corrected chi connectivity index (χ4v) is 3.18. The van der Waals surface area contributed by atoms with Crippen molar-refractivity contribution < 1.29 is 24.2 Å². The predicted molar refractivity (Wildman–Crippen MR) is 94.6 cm³/mol. The number of hydrogen-bond donors (Lipinski definition) is 2. The van der Waals surface area contributed by atoms with E-state index >= 15 is 0 Å². The summed E-state index contributed by atoms with van der Waals surface area (Å²) in [7, 11) is 0. The fourth-order valence-electron chi connectivity index (χ4n) is 2.91.